The number of anilines is 1. The number of ether oxygens (including phenoxy) is 2. The van der Waals surface area contributed by atoms with Crippen molar-refractivity contribution in [3.8, 4) is 11.5 Å². The fraction of sp³-hybridized carbons (Fsp3) is 0.238. The highest BCUT2D eigenvalue weighted by molar-refractivity contribution is 5.97. The predicted octanol–water partition coefficient (Wildman–Crippen LogP) is 3.04. The van der Waals surface area contributed by atoms with E-state index in [2.05, 4.69) is 10.3 Å². The highest BCUT2D eigenvalue weighted by Crippen LogP contribution is 2.49. The van der Waals surface area contributed by atoms with Gasteiger partial charge < -0.3 is 19.8 Å². The van der Waals surface area contributed by atoms with E-state index in [4.69, 9.17) is 9.47 Å². The van der Waals surface area contributed by atoms with Crippen molar-refractivity contribution in [1.29, 1.82) is 0 Å². The Hall–Kier alpha value is -3.28. The lowest BCUT2D eigenvalue weighted by molar-refractivity contribution is -0.117. The van der Waals surface area contributed by atoms with Gasteiger partial charge in [-0.1, -0.05) is 6.07 Å². The minimum Gasteiger partial charge on any atom is -0.486 e. The third-order valence-electron chi connectivity index (χ3n) is 5.15. The van der Waals surface area contributed by atoms with Crippen molar-refractivity contribution in [2.45, 2.75) is 12.3 Å². The summed E-state index contributed by atoms with van der Waals surface area (Å²) in [7, 11) is 0. The molecule has 6 heteroatoms. The standard InChI is InChI=1S/C21H18N2O4/c24-18-5-6-22-17-10-13(2-3-14(17)18)23-21(25)16-11-15(16)12-1-4-19-20(9-12)27-8-7-26-19/h1-6,9-10,15-16H,7-8,11H2,(H,22,24)(H,23,25)/t15-,16+/m0/s1. The summed E-state index contributed by atoms with van der Waals surface area (Å²) in [6.07, 6.45) is 2.42. The quantitative estimate of drug-likeness (QED) is 0.750. The molecule has 0 saturated heterocycles. The Bertz CT molecular complexity index is 1100. The van der Waals surface area contributed by atoms with Crippen LogP contribution >= 0.6 is 0 Å². The summed E-state index contributed by atoms with van der Waals surface area (Å²) in [6, 6.07) is 12.7. The van der Waals surface area contributed by atoms with Crippen molar-refractivity contribution < 1.29 is 14.3 Å². The summed E-state index contributed by atoms with van der Waals surface area (Å²) in [6.45, 7) is 1.12. The molecule has 6 nitrogen and oxygen atoms in total. The molecule has 2 N–H and O–H groups in total. The van der Waals surface area contributed by atoms with E-state index in [1.807, 2.05) is 18.2 Å². The van der Waals surface area contributed by atoms with Crippen LogP contribution in [0.3, 0.4) is 0 Å². The highest BCUT2D eigenvalue weighted by Gasteiger charge is 2.44. The first-order chi connectivity index (χ1) is 13.2. The molecule has 1 aliphatic heterocycles. The van der Waals surface area contributed by atoms with Crippen molar-refractivity contribution in [2.75, 3.05) is 18.5 Å². The number of carbonyl (C=O) groups is 1. The van der Waals surface area contributed by atoms with E-state index in [1.54, 1.807) is 24.4 Å². The number of hydrogen-bond donors (Lipinski definition) is 2. The van der Waals surface area contributed by atoms with E-state index >= 15 is 0 Å². The third-order valence-corrected chi connectivity index (χ3v) is 5.15. The monoisotopic (exact) mass is 362 g/mol. The second kappa shape index (κ2) is 6.16. The molecule has 136 valence electrons. The summed E-state index contributed by atoms with van der Waals surface area (Å²) >= 11 is 0. The van der Waals surface area contributed by atoms with E-state index in [9.17, 15) is 9.59 Å². The van der Waals surface area contributed by atoms with Gasteiger partial charge in [0.1, 0.15) is 13.2 Å². The van der Waals surface area contributed by atoms with Gasteiger partial charge in [0, 0.05) is 29.3 Å². The number of rotatable bonds is 3. The molecular formula is C21H18N2O4. The maximum absolute atomic E-state index is 12.6. The van der Waals surface area contributed by atoms with Crippen LogP contribution in [0.4, 0.5) is 5.69 Å². The molecule has 2 aliphatic rings. The molecule has 0 bridgehead atoms. The largest absolute Gasteiger partial charge is 0.486 e. The Kier molecular flexibility index (Phi) is 3.63. The molecule has 1 amide bonds. The molecule has 0 spiro atoms. The van der Waals surface area contributed by atoms with Gasteiger partial charge in [-0.05, 0) is 48.2 Å². The van der Waals surface area contributed by atoms with Crippen molar-refractivity contribution in [3.05, 3.63) is 64.4 Å². The topological polar surface area (TPSA) is 80.4 Å². The van der Waals surface area contributed by atoms with Crippen LogP contribution in [0.5, 0.6) is 11.5 Å². The minimum absolute atomic E-state index is 0.00693. The van der Waals surface area contributed by atoms with Gasteiger partial charge >= 0.3 is 0 Å². The van der Waals surface area contributed by atoms with Crippen LogP contribution in [0.15, 0.2) is 53.5 Å². The number of hydrogen-bond acceptors (Lipinski definition) is 4. The second-order valence-electron chi connectivity index (χ2n) is 6.94. The van der Waals surface area contributed by atoms with E-state index in [0.717, 1.165) is 23.5 Å². The van der Waals surface area contributed by atoms with Gasteiger partial charge in [0.25, 0.3) is 0 Å². The first kappa shape index (κ1) is 15.9. The van der Waals surface area contributed by atoms with E-state index in [1.165, 1.54) is 6.07 Å². The number of amides is 1. The smallest absolute Gasteiger partial charge is 0.228 e. The maximum atomic E-state index is 12.6. The Morgan fingerprint density at radius 1 is 1.04 bits per heavy atom. The van der Waals surface area contributed by atoms with Gasteiger partial charge in [-0.25, -0.2) is 0 Å². The zero-order valence-electron chi connectivity index (χ0n) is 14.5. The number of benzene rings is 2. The van der Waals surface area contributed by atoms with Crippen LogP contribution in [0.25, 0.3) is 10.9 Å². The van der Waals surface area contributed by atoms with Crippen molar-refractivity contribution in [3.63, 3.8) is 0 Å². The number of aromatic nitrogens is 1. The molecule has 1 fully saturated rings. The summed E-state index contributed by atoms with van der Waals surface area (Å²) in [4.78, 5) is 27.5. The average Bonchev–Trinajstić information content (AvgIpc) is 3.49. The number of fused-ring (bicyclic) bond motifs is 2. The number of H-pyrrole nitrogens is 1. The summed E-state index contributed by atoms with van der Waals surface area (Å²) in [5, 5.41) is 3.57. The number of aromatic amines is 1. The normalized spacial score (nSPS) is 20.3. The fourth-order valence-electron chi connectivity index (χ4n) is 3.63. The molecule has 1 aromatic heterocycles. The number of pyridine rings is 1. The Labute approximate surface area is 155 Å². The van der Waals surface area contributed by atoms with Crippen LogP contribution in [-0.4, -0.2) is 24.1 Å². The van der Waals surface area contributed by atoms with Crippen LogP contribution in [0.2, 0.25) is 0 Å². The molecule has 1 aliphatic carbocycles. The zero-order valence-corrected chi connectivity index (χ0v) is 14.5. The van der Waals surface area contributed by atoms with Crippen molar-refractivity contribution in [2.24, 2.45) is 5.92 Å². The molecular weight excluding hydrogens is 344 g/mol. The van der Waals surface area contributed by atoms with Gasteiger partial charge in [0.15, 0.2) is 16.9 Å². The lowest BCUT2D eigenvalue weighted by atomic mass is 10.1. The van der Waals surface area contributed by atoms with Gasteiger partial charge in [-0.3, -0.25) is 9.59 Å². The Balaban J connectivity index is 1.31. The SMILES string of the molecule is O=C(Nc1ccc2c(=O)cc[nH]c2c1)[C@@H]1C[C@H]1c1ccc2c(c1)OCCO2. The van der Waals surface area contributed by atoms with Crippen LogP contribution < -0.4 is 20.2 Å². The molecule has 3 aromatic rings. The average molecular weight is 362 g/mol. The first-order valence-electron chi connectivity index (χ1n) is 9.01. The van der Waals surface area contributed by atoms with Crippen LogP contribution in [-0.2, 0) is 4.79 Å². The lowest BCUT2D eigenvalue weighted by Crippen LogP contribution is -2.16. The molecule has 0 unspecified atom stereocenters. The van der Waals surface area contributed by atoms with Crippen molar-refractivity contribution >= 4 is 22.5 Å². The molecule has 0 radical (unpaired) electrons. The van der Waals surface area contributed by atoms with Gasteiger partial charge in [0.05, 0.1) is 5.52 Å². The van der Waals surface area contributed by atoms with Crippen molar-refractivity contribution in [1.82, 2.24) is 4.98 Å². The van der Waals surface area contributed by atoms with Gasteiger partial charge in [-0.2, -0.15) is 0 Å². The second-order valence-corrected chi connectivity index (χ2v) is 6.94. The molecule has 5 rings (SSSR count). The Morgan fingerprint density at radius 2 is 1.89 bits per heavy atom. The highest BCUT2D eigenvalue weighted by atomic mass is 16.6. The predicted molar refractivity (Wildman–Crippen MR) is 101 cm³/mol. The molecule has 2 atom stereocenters. The van der Waals surface area contributed by atoms with Crippen LogP contribution in [0, 0.1) is 5.92 Å². The summed E-state index contributed by atoms with van der Waals surface area (Å²) in [5.74, 6) is 1.65. The van der Waals surface area contributed by atoms with E-state index < -0.39 is 0 Å². The minimum atomic E-state index is -0.0573. The third kappa shape index (κ3) is 2.93. The van der Waals surface area contributed by atoms with Crippen LogP contribution in [0.1, 0.15) is 17.9 Å². The van der Waals surface area contributed by atoms with Gasteiger partial charge in [-0.15, -0.1) is 0 Å². The first-order valence-corrected chi connectivity index (χ1v) is 9.01. The Morgan fingerprint density at radius 3 is 2.78 bits per heavy atom. The molecule has 2 aromatic carbocycles. The molecule has 27 heavy (non-hydrogen) atoms. The summed E-state index contributed by atoms with van der Waals surface area (Å²) in [5.41, 5.74) is 2.45. The molecule has 1 saturated carbocycles. The van der Waals surface area contributed by atoms with E-state index in [-0.39, 0.29) is 23.2 Å². The summed E-state index contributed by atoms with van der Waals surface area (Å²) < 4.78 is 11.2. The fourth-order valence-corrected chi connectivity index (χ4v) is 3.63. The zero-order chi connectivity index (χ0) is 18.4. The van der Waals surface area contributed by atoms with Gasteiger partial charge in [0.2, 0.25) is 5.91 Å². The lowest BCUT2D eigenvalue weighted by Gasteiger charge is -2.18. The maximum Gasteiger partial charge on any atom is 0.228 e. The van der Waals surface area contributed by atoms with E-state index in [0.29, 0.717) is 29.8 Å². The number of nitrogens with one attached hydrogen (secondary N) is 2. The number of carbonyl (C=O) groups excluding carboxylic acids is 1. The molecule has 2 heterocycles.